The van der Waals surface area contributed by atoms with E-state index in [0.717, 1.165) is 11.3 Å². The molecule has 0 spiro atoms. The fourth-order valence-corrected chi connectivity index (χ4v) is 1.66. The zero-order valence-corrected chi connectivity index (χ0v) is 11.7. The number of amides is 1. The van der Waals surface area contributed by atoms with E-state index >= 15 is 0 Å². The van der Waals surface area contributed by atoms with Gasteiger partial charge in [0.25, 0.3) is 5.91 Å². The van der Waals surface area contributed by atoms with Gasteiger partial charge in [-0.3, -0.25) is 4.79 Å². The zero-order chi connectivity index (χ0) is 14.4. The van der Waals surface area contributed by atoms with Crippen molar-refractivity contribution in [2.75, 3.05) is 13.2 Å². The van der Waals surface area contributed by atoms with E-state index in [0.29, 0.717) is 24.6 Å². The summed E-state index contributed by atoms with van der Waals surface area (Å²) in [6.07, 6.45) is 2.24. The van der Waals surface area contributed by atoms with Gasteiger partial charge in [0.1, 0.15) is 11.5 Å². The first-order chi connectivity index (χ1) is 9.63. The molecule has 1 aromatic carbocycles. The minimum atomic E-state index is -0.158. The van der Waals surface area contributed by atoms with E-state index < -0.39 is 0 Å². The van der Waals surface area contributed by atoms with E-state index in [1.807, 2.05) is 38.1 Å². The number of carbonyl (C=O) groups excluding carboxylic acids is 1. The van der Waals surface area contributed by atoms with Gasteiger partial charge in [0, 0.05) is 13.0 Å². The Morgan fingerprint density at radius 3 is 2.70 bits per heavy atom. The number of rotatable bonds is 6. The molecule has 1 heterocycles. The number of nitrogens with one attached hydrogen (secondary N) is 1. The highest BCUT2D eigenvalue weighted by Crippen LogP contribution is 2.10. The van der Waals surface area contributed by atoms with Gasteiger partial charge in [0.2, 0.25) is 0 Å². The fourth-order valence-electron chi connectivity index (χ4n) is 1.66. The number of nitrogens with zero attached hydrogens (tertiary/aromatic N) is 1. The van der Waals surface area contributed by atoms with Crippen LogP contribution in [0.15, 0.2) is 34.9 Å². The Balaban J connectivity index is 1.66. The molecule has 2 rings (SSSR count). The molecule has 1 N–H and O–H groups in total. The topological polar surface area (TPSA) is 64.4 Å². The number of aromatic nitrogens is 1. The van der Waals surface area contributed by atoms with E-state index in [9.17, 15) is 4.79 Å². The van der Waals surface area contributed by atoms with E-state index in [4.69, 9.17) is 9.15 Å². The third kappa shape index (κ3) is 4.42. The highest BCUT2D eigenvalue weighted by Gasteiger charge is 2.04. The van der Waals surface area contributed by atoms with Crippen molar-refractivity contribution in [2.45, 2.75) is 20.3 Å². The van der Waals surface area contributed by atoms with Gasteiger partial charge in [-0.1, -0.05) is 17.7 Å². The number of ether oxygens (including phenoxy) is 1. The van der Waals surface area contributed by atoms with Crippen molar-refractivity contribution in [2.24, 2.45) is 0 Å². The summed E-state index contributed by atoms with van der Waals surface area (Å²) in [6.45, 7) is 4.33. The maximum Gasteiger partial charge on any atom is 0.257 e. The molecule has 0 bridgehead atoms. The fraction of sp³-hybridized carbons (Fsp3) is 0.333. The lowest BCUT2D eigenvalue weighted by atomic mass is 10.2. The molecule has 5 heteroatoms. The molecule has 0 radical (unpaired) electrons. The van der Waals surface area contributed by atoms with Gasteiger partial charge in [-0.2, -0.15) is 0 Å². The van der Waals surface area contributed by atoms with Crippen LogP contribution in [0.25, 0.3) is 0 Å². The Labute approximate surface area is 118 Å². The predicted octanol–water partition coefficient (Wildman–Crippen LogP) is 2.03. The van der Waals surface area contributed by atoms with Crippen LogP contribution < -0.4 is 10.1 Å². The van der Waals surface area contributed by atoms with Crippen LogP contribution in [-0.2, 0) is 11.2 Å². The summed E-state index contributed by atoms with van der Waals surface area (Å²) in [5.74, 6) is 1.93. The van der Waals surface area contributed by atoms with Crippen molar-refractivity contribution in [1.29, 1.82) is 0 Å². The predicted molar refractivity (Wildman–Crippen MR) is 74.6 cm³/mol. The van der Waals surface area contributed by atoms with Crippen LogP contribution >= 0.6 is 0 Å². The third-order valence-corrected chi connectivity index (χ3v) is 2.72. The van der Waals surface area contributed by atoms with Crippen LogP contribution in [-0.4, -0.2) is 24.0 Å². The highest BCUT2D eigenvalue weighted by atomic mass is 16.5. The van der Waals surface area contributed by atoms with Crippen LogP contribution in [0, 0.1) is 13.8 Å². The van der Waals surface area contributed by atoms with Crippen LogP contribution in [0.3, 0.4) is 0 Å². The molecule has 1 amide bonds. The second-order valence-electron chi connectivity index (χ2n) is 4.57. The van der Waals surface area contributed by atoms with Crippen molar-refractivity contribution in [3.63, 3.8) is 0 Å². The Kier molecular flexibility index (Phi) is 4.76. The van der Waals surface area contributed by atoms with Gasteiger partial charge < -0.3 is 14.5 Å². The first-order valence-electron chi connectivity index (χ1n) is 6.51. The number of hydrogen-bond acceptors (Lipinski definition) is 4. The maximum atomic E-state index is 11.6. The van der Waals surface area contributed by atoms with Gasteiger partial charge in [-0.05, 0) is 26.0 Å². The summed E-state index contributed by atoms with van der Waals surface area (Å²) in [7, 11) is 0. The molecule has 0 aliphatic carbocycles. The number of carbonyl (C=O) groups is 1. The smallest absolute Gasteiger partial charge is 0.257 e. The van der Waals surface area contributed by atoms with Crippen molar-refractivity contribution < 1.29 is 13.9 Å². The van der Waals surface area contributed by atoms with E-state index in [1.165, 1.54) is 0 Å². The second kappa shape index (κ2) is 6.75. The lowest BCUT2D eigenvalue weighted by Crippen LogP contribution is -2.30. The summed E-state index contributed by atoms with van der Waals surface area (Å²) in [5, 5.41) is 2.76. The molecule has 0 saturated carbocycles. The molecule has 0 saturated heterocycles. The van der Waals surface area contributed by atoms with Crippen LogP contribution in [0.1, 0.15) is 17.2 Å². The molecule has 5 nitrogen and oxygen atoms in total. The lowest BCUT2D eigenvalue weighted by molar-refractivity contribution is -0.123. The molecule has 1 aromatic heterocycles. The summed E-state index contributed by atoms with van der Waals surface area (Å²) in [4.78, 5) is 15.7. The summed E-state index contributed by atoms with van der Waals surface area (Å²) in [5.41, 5.74) is 1.16. The van der Waals surface area contributed by atoms with Crippen molar-refractivity contribution in [3.8, 4) is 5.75 Å². The minimum absolute atomic E-state index is 0.00761. The van der Waals surface area contributed by atoms with E-state index in [2.05, 4.69) is 10.3 Å². The number of oxazole rings is 1. The maximum absolute atomic E-state index is 11.6. The van der Waals surface area contributed by atoms with Crippen LogP contribution in [0.5, 0.6) is 5.75 Å². The van der Waals surface area contributed by atoms with Gasteiger partial charge in [0.15, 0.2) is 12.5 Å². The molecule has 0 atom stereocenters. The Morgan fingerprint density at radius 2 is 2.05 bits per heavy atom. The monoisotopic (exact) mass is 274 g/mol. The first kappa shape index (κ1) is 14.1. The van der Waals surface area contributed by atoms with Crippen molar-refractivity contribution in [1.82, 2.24) is 10.3 Å². The third-order valence-electron chi connectivity index (χ3n) is 2.72. The second-order valence-corrected chi connectivity index (χ2v) is 4.57. The standard InChI is InChI=1S/C15H18N2O3/c1-11-3-5-13(6-4-11)19-10-14(18)16-8-7-15-17-9-12(2)20-15/h3-6,9H,7-8,10H2,1-2H3,(H,16,18). The van der Waals surface area contributed by atoms with E-state index in [-0.39, 0.29) is 12.5 Å². The SMILES string of the molecule is Cc1ccc(OCC(=O)NCCc2ncc(C)o2)cc1. The Morgan fingerprint density at radius 1 is 1.30 bits per heavy atom. The Bertz CT molecular complexity index is 561. The molecule has 0 fully saturated rings. The highest BCUT2D eigenvalue weighted by molar-refractivity contribution is 5.77. The van der Waals surface area contributed by atoms with Crippen LogP contribution in [0.4, 0.5) is 0 Å². The van der Waals surface area contributed by atoms with Crippen molar-refractivity contribution in [3.05, 3.63) is 47.7 Å². The normalized spacial score (nSPS) is 10.3. The first-order valence-corrected chi connectivity index (χ1v) is 6.51. The largest absolute Gasteiger partial charge is 0.484 e. The van der Waals surface area contributed by atoms with Gasteiger partial charge in [-0.15, -0.1) is 0 Å². The average molecular weight is 274 g/mol. The molecule has 0 aliphatic rings. The van der Waals surface area contributed by atoms with Gasteiger partial charge in [-0.25, -0.2) is 4.98 Å². The molecule has 0 aliphatic heterocycles. The summed E-state index contributed by atoms with van der Waals surface area (Å²) >= 11 is 0. The molecule has 0 unspecified atom stereocenters. The summed E-state index contributed by atoms with van der Waals surface area (Å²) < 4.78 is 10.7. The van der Waals surface area contributed by atoms with Crippen LogP contribution in [0.2, 0.25) is 0 Å². The molecule has 106 valence electrons. The van der Waals surface area contributed by atoms with Crippen molar-refractivity contribution >= 4 is 5.91 Å². The number of benzene rings is 1. The molecule has 20 heavy (non-hydrogen) atoms. The van der Waals surface area contributed by atoms with Gasteiger partial charge in [0.05, 0.1) is 6.20 Å². The summed E-state index contributed by atoms with van der Waals surface area (Å²) in [6, 6.07) is 7.58. The minimum Gasteiger partial charge on any atom is -0.484 e. The molecular formula is C15H18N2O3. The number of aryl methyl sites for hydroxylation is 2. The van der Waals surface area contributed by atoms with E-state index in [1.54, 1.807) is 6.20 Å². The number of hydrogen-bond donors (Lipinski definition) is 1. The zero-order valence-electron chi connectivity index (χ0n) is 11.7. The van der Waals surface area contributed by atoms with Gasteiger partial charge >= 0.3 is 0 Å². The molecular weight excluding hydrogens is 256 g/mol. The Hall–Kier alpha value is -2.30. The average Bonchev–Trinajstić information content (AvgIpc) is 2.84. The quantitative estimate of drug-likeness (QED) is 0.875. The molecule has 2 aromatic rings. The lowest BCUT2D eigenvalue weighted by Gasteiger charge is -2.07.